The van der Waals surface area contributed by atoms with Gasteiger partial charge in [-0.15, -0.1) is 0 Å². The number of carbonyl (C=O) groups is 2. The Labute approximate surface area is 118 Å². The summed E-state index contributed by atoms with van der Waals surface area (Å²) in [4.78, 5) is 23.4. The highest BCUT2D eigenvalue weighted by atomic mass is 16.4. The lowest BCUT2D eigenvalue weighted by atomic mass is 9.82. The smallest absolute Gasteiger partial charge is 0.228 e. The third-order valence-electron chi connectivity index (χ3n) is 3.56. The second-order valence-electron chi connectivity index (χ2n) is 5.34. The Kier molecular flexibility index (Phi) is 4.23. The molecule has 0 aromatic heterocycles. The highest BCUT2D eigenvalue weighted by molar-refractivity contribution is 5.95. The number of carbonyl (C=O) groups excluding carboxylic acids is 2. The fraction of sp³-hybridized carbons (Fsp3) is 0.375. The summed E-state index contributed by atoms with van der Waals surface area (Å²) >= 11 is 0. The average molecular weight is 272 g/mol. The van der Waals surface area contributed by atoms with Gasteiger partial charge in [-0.25, -0.2) is 0 Å². The quantitative estimate of drug-likeness (QED) is 0.849. The molecule has 1 amide bonds. The molecule has 1 aliphatic carbocycles. The number of anilines is 1. The number of aryl methyl sites for hydroxylation is 2. The number of hydrogen-bond acceptors (Lipinski definition) is 3. The number of carboxylic acids is 1. The molecule has 2 rings (SSSR count). The van der Waals surface area contributed by atoms with E-state index in [0.717, 1.165) is 11.1 Å². The topological polar surface area (TPSA) is 69.2 Å². The zero-order valence-corrected chi connectivity index (χ0v) is 11.7. The number of allylic oxidation sites excluding steroid dienone is 2. The van der Waals surface area contributed by atoms with E-state index in [1.807, 2.05) is 38.1 Å². The molecular weight excluding hydrogens is 254 g/mol. The summed E-state index contributed by atoms with van der Waals surface area (Å²) in [5, 5.41) is 13.9. The SMILES string of the molecule is Cc1cc(C)cc(NC(=O)[C@@H]2CC=CC[C@@H]2C(=O)[O-])c1. The zero-order chi connectivity index (χ0) is 14.7. The molecule has 0 spiro atoms. The van der Waals surface area contributed by atoms with E-state index in [1.165, 1.54) is 0 Å². The Morgan fingerprint density at radius 2 is 1.60 bits per heavy atom. The number of benzene rings is 1. The molecule has 0 saturated carbocycles. The molecule has 1 aromatic rings. The maximum absolute atomic E-state index is 12.3. The minimum Gasteiger partial charge on any atom is -0.550 e. The Morgan fingerprint density at radius 1 is 1.05 bits per heavy atom. The third kappa shape index (κ3) is 3.26. The number of rotatable bonds is 3. The van der Waals surface area contributed by atoms with Crippen LogP contribution in [0.1, 0.15) is 24.0 Å². The van der Waals surface area contributed by atoms with Gasteiger partial charge in [0, 0.05) is 17.6 Å². The minimum absolute atomic E-state index is 0.256. The van der Waals surface area contributed by atoms with E-state index < -0.39 is 17.8 Å². The zero-order valence-electron chi connectivity index (χ0n) is 11.7. The fourth-order valence-electron chi connectivity index (χ4n) is 2.65. The first kappa shape index (κ1) is 14.3. The van der Waals surface area contributed by atoms with Crippen molar-refractivity contribution < 1.29 is 14.7 Å². The average Bonchev–Trinajstić information content (AvgIpc) is 2.37. The summed E-state index contributed by atoms with van der Waals surface area (Å²) in [6.45, 7) is 3.91. The lowest BCUT2D eigenvalue weighted by Crippen LogP contribution is -2.41. The van der Waals surface area contributed by atoms with Crippen molar-refractivity contribution in [1.82, 2.24) is 0 Å². The van der Waals surface area contributed by atoms with Crippen LogP contribution in [-0.2, 0) is 9.59 Å². The van der Waals surface area contributed by atoms with Gasteiger partial charge in [-0.3, -0.25) is 4.79 Å². The summed E-state index contributed by atoms with van der Waals surface area (Å²) in [7, 11) is 0. The van der Waals surface area contributed by atoms with E-state index in [4.69, 9.17) is 0 Å². The molecule has 1 aromatic carbocycles. The Hall–Kier alpha value is -2.10. The summed E-state index contributed by atoms with van der Waals surface area (Å²) < 4.78 is 0. The van der Waals surface area contributed by atoms with Gasteiger partial charge in [-0.05, 0) is 49.9 Å². The van der Waals surface area contributed by atoms with Gasteiger partial charge in [0.2, 0.25) is 5.91 Å². The van der Waals surface area contributed by atoms with Gasteiger partial charge in [-0.1, -0.05) is 18.2 Å². The molecule has 1 N–H and O–H groups in total. The molecule has 0 aliphatic heterocycles. The van der Waals surface area contributed by atoms with Crippen LogP contribution in [0.4, 0.5) is 5.69 Å². The molecule has 106 valence electrons. The van der Waals surface area contributed by atoms with Crippen LogP contribution < -0.4 is 10.4 Å². The van der Waals surface area contributed by atoms with Crippen molar-refractivity contribution in [2.24, 2.45) is 11.8 Å². The largest absolute Gasteiger partial charge is 0.550 e. The van der Waals surface area contributed by atoms with Crippen LogP contribution in [0.2, 0.25) is 0 Å². The first-order valence-corrected chi connectivity index (χ1v) is 6.72. The van der Waals surface area contributed by atoms with Crippen molar-refractivity contribution >= 4 is 17.6 Å². The van der Waals surface area contributed by atoms with Crippen molar-refractivity contribution in [3.05, 3.63) is 41.5 Å². The first-order valence-electron chi connectivity index (χ1n) is 6.72. The Bertz CT molecular complexity index is 543. The molecule has 4 nitrogen and oxygen atoms in total. The van der Waals surface area contributed by atoms with E-state index >= 15 is 0 Å². The molecular formula is C16H18NO3-. The standard InChI is InChI=1S/C16H19NO3/c1-10-7-11(2)9-12(8-10)17-15(18)13-5-3-4-6-14(13)16(19)20/h3-4,7-9,13-14H,5-6H2,1-2H3,(H,17,18)(H,19,20)/p-1/t13-,14+/m1/s1. The molecule has 1 aliphatic rings. The van der Waals surface area contributed by atoms with E-state index in [1.54, 1.807) is 6.08 Å². The number of amides is 1. The minimum atomic E-state index is -1.16. The second kappa shape index (κ2) is 5.90. The summed E-state index contributed by atoms with van der Waals surface area (Å²) in [5.41, 5.74) is 2.82. The number of hydrogen-bond donors (Lipinski definition) is 1. The molecule has 2 atom stereocenters. The van der Waals surface area contributed by atoms with Gasteiger partial charge in [0.1, 0.15) is 0 Å². The third-order valence-corrected chi connectivity index (χ3v) is 3.56. The van der Waals surface area contributed by atoms with Gasteiger partial charge in [-0.2, -0.15) is 0 Å². The van der Waals surface area contributed by atoms with E-state index in [0.29, 0.717) is 18.5 Å². The van der Waals surface area contributed by atoms with Gasteiger partial charge in [0.15, 0.2) is 0 Å². The number of carboxylic acid groups (broad SMARTS) is 1. The Morgan fingerprint density at radius 3 is 2.15 bits per heavy atom. The molecule has 0 bridgehead atoms. The molecule has 0 unspecified atom stereocenters. The lowest BCUT2D eigenvalue weighted by molar-refractivity contribution is -0.313. The van der Waals surface area contributed by atoms with Crippen molar-refractivity contribution in [2.45, 2.75) is 26.7 Å². The van der Waals surface area contributed by atoms with Crippen molar-refractivity contribution in [1.29, 1.82) is 0 Å². The monoisotopic (exact) mass is 272 g/mol. The number of nitrogens with one attached hydrogen (secondary N) is 1. The fourth-order valence-corrected chi connectivity index (χ4v) is 2.65. The van der Waals surface area contributed by atoms with Gasteiger partial charge in [0.25, 0.3) is 0 Å². The second-order valence-corrected chi connectivity index (χ2v) is 5.34. The van der Waals surface area contributed by atoms with Crippen molar-refractivity contribution in [2.75, 3.05) is 5.32 Å². The van der Waals surface area contributed by atoms with Gasteiger partial charge in [0.05, 0.1) is 5.92 Å². The van der Waals surface area contributed by atoms with E-state index in [9.17, 15) is 14.7 Å². The van der Waals surface area contributed by atoms with Gasteiger partial charge < -0.3 is 15.2 Å². The first-order chi connectivity index (χ1) is 9.47. The summed E-state index contributed by atoms with van der Waals surface area (Å²) in [6, 6.07) is 5.76. The number of aliphatic carboxylic acids is 1. The molecule has 4 heteroatoms. The molecule has 20 heavy (non-hydrogen) atoms. The summed E-state index contributed by atoms with van der Waals surface area (Å²) in [6.07, 6.45) is 4.44. The van der Waals surface area contributed by atoms with Crippen LogP contribution in [-0.4, -0.2) is 11.9 Å². The Balaban J connectivity index is 2.14. The maximum atomic E-state index is 12.3. The lowest BCUT2D eigenvalue weighted by Gasteiger charge is -2.28. The maximum Gasteiger partial charge on any atom is 0.228 e. The van der Waals surface area contributed by atoms with Crippen molar-refractivity contribution in [3.63, 3.8) is 0 Å². The van der Waals surface area contributed by atoms with Crippen molar-refractivity contribution in [3.8, 4) is 0 Å². The van der Waals surface area contributed by atoms with E-state index in [-0.39, 0.29) is 5.91 Å². The molecule has 0 heterocycles. The van der Waals surface area contributed by atoms with Crippen LogP contribution in [0.25, 0.3) is 0 Å². The van der Waals surface area contributed by atoms with Crippen LogP contribution in [0.15, 0.2) is 30.4 Å². The van der Waals surface area contributed by atoms with Crippen LogP contribution >= 0.6 is 0 Å². The predicted octanol–water partition coefficient (Wildman–Crippen LogP) is 1.57. The van der Waals surface area contributed by atoms with E-state index in [2.05, 4.69) is 5.32 Å². The van der Waals surface area contributed by atoms with Crippen LogP contribution in [0.3, 0.4) is 0 Å². The highest BCUT2D eigenvalue weighted by Gasteiger charge is 2.29. The normalized spacial score (nSPS) is 21.5. The van der Waals surface area contributed by atoms with Crippen LogP contribution in [0, 0.1) is 25.7 Å². The predicted molar refractivity (Wildman–Crippen MR) is 74.9 cm³/mol. The summed E-state index contributed by atoms with van der Waals surface area (Å²) in [5.74, 6) is -2.72. The molecule has 0 saturated heterocycles. The highest BCUT2D eigenvalue weighted by Crippen LogP contribution is 2.27. The molecule has 0 radical (unpaired) electrons. The molecule has 0 fully saturated rings. The van der Waals surface area contributed by atoms with Crippen LogP contribution in [0.5, 0.6) is 0 Å². The van der Waals surface area contributed by atoms with Gasteiger partial charge >= 0.3 is 0 Å².